The van der Waals surface area contributed by atoms with Gasteiger partial charge in [0.15, 0.2) is 0 Å². The molecule has 4 aromatic carbocycles. The average molecular weight is 869 g/mol. The van der Waals surface area contributed by atoms with Crippen molar-refractivity contribution in [2.45, 2.75) is 178 Å². The van der Waals surface area contributed by atoms with Crippen LogP contribution in [0.25, 0.3) is 0 Å². The Bertz CT molecular complexity index is 1780. The summed E-state index contributed by atoms with van der Waals surface area (Å²) in [7, 11) is -2.92. The molecule has 0 aliphatic heterocycles. The van der Waals surface area contributed by atoms with E-state index in [9.17, 15) is 0 Å². The highest BCUT2D eigenvalue weighted by atomic mass is 127. The summed E-state index contributed by atoms with van der Waals surface area (Å²) < 4.78 is 1.31. The topological polar surface area (TPSA) is 0 Å². The molecule has 0 saturated carbocycles. The Morgan fingerprint density at radius 2 is 0.537 bits per heavy atom. The second-order valence-corrected chi connectivity index (χ2v) is 26.7. The summed E-state index contributed by atoms with van der Waals surface area (Å²) in [6, 6.07) is 25.8. The van der Waals surface area contributed by atoms with E-state index in [4.69, 9.17) is 0 Å². The van der Waals surface area contributed by atoms with Crippen molar-refractivity contribution in [2.75, 3.05) is 0 Å². The minimum absolute atomic E-state index is 0.425. The van der Waals surface area contributed by atoms with Crippen LogP contribution in [0.2, 0.25) is 0 Å². The third-order valence-electron chi connectivity index (χ3n) is 11.5. The van der Waals surface area contributed by atoms with Crippen LogP contribution in [0.1, 0.15) is 228 Å². The van der Waals surface area contributed by atoms with E-state index >= 15 is 0 Å². The van der Waals surface area contributed by atoms with Gasteiger partial charge in [-0.1, -0.05) is 173 Å². The molecule has 0 saturated heterocycles. The molecular weight excluding hydrogens is 796 g/mol. The van der Waals surface area contributed by atoms with Gasteiger partial charge < -0.3 is 0 Å². The highest BCUT2D eigenvalue weighted by Gasteiger charge is 2.33. The predicted octanol–water partition coefficient (Wildman–Crippen LogP) is 13.4. The zero-order valence-corrected chi connectivity index (χ0v) is 41.5. The lowest BCUT2D eigenvalue weighted by atomic mass is 9.89. The van der Waals surface area contributed by atoms with Gasteiger partial charge in [-0.25, -0.2) is 0 Å². The Morgan fingerprint density at radius 1 is 0.315 bits per heavy atom. The van der Waals surface area contributed by atoms with E-state index in [-0.39, 0.29) is 0 Å². The molecule has 292 valence electrons. The van der Waals surface area contributed by atoms with Crippen LogP contribution in [-0.4, -0.2) is 15.8 Å². The van der Waals surface area contributed by atoms with Crippen LogP contribution in [0.15, 0.2) is 60.7 Å². The molecule has 0 heterocycles. The van der Waals surface area contributed by atoms with Gasteiger partial charge in [-0.3, -0.25) is 0 Å². The molecule has 0 fully saturated rings. The molecular formula is C51H73ISi2. The minimum Gasteiger partial charge on any atom is -0.0587 e. The summed E-state index contributed by atoms with van der Waals surface area (Å²) in [5, 5.41) is 6.73. The van der Waals surface area contributed by atoms with Crippen LogP contribution in [0.5, 0.6) is 0 Å². The van der Waals surface area contributed by atoms with Crippen LogP contribution >= 0.6 is 22.6 Å². The maximum atomic E-state index is 2.65. The van der Waals surface area contributed by atoms with Gasteiger partial charge in [-0.05, 0) is 159 Å². The lowest BCUT2D eigenvalue weighted by Crippen LogP contribution is -2.57. The zero-order chi connectivity index (χ0) is 40.5. The first kappa shape index (κ1) is 44.8. The maximum absolute atomic E-state index is 2.65. The fourth-order valence-corrected chi connectivity index (χ4v) is 20.7. The molecule has 0 spiro atoms. The Hall–Kier alpha value is -1.96. The molecule has 0 aromatic heterocycles. The normalized spacial score (nSPS) is 12.4. The van der Waals surface area contributed by atoms with Crippen molar-refractivity contribution < 1.29 is 0 Å². The zero-order valence-electron chi connectivity index (χ0n) is 37.3. The summed E-state index contributed by atoms with van der Waals surface area (Å²) in [5.74, 6) is 4.01. The third kappa shape index (κ3) is 9.59. The molecule has 3 heteroatoms. The number of halogens is 1. The Kier molecular flexibility index (Phi) is 15.4. The quantitative estimate of drug-likeness (QED) is 0.0928. The molecule has 0 aliphatic rings. The van der Waals surface area contributed by atoms with Gasteiger partial charge in [0.2, 0.25) is 0 Å². The molecule has 0 aliphatic carbocycles. The largest absolute Gasteiger partial charge is 0.0701 e. The smallest absolute Gasteiger partial charge is 0.0587 e. The van der Waals surface area contributed by atoms with Gasteiger partial charge in [0.05, 0.1) is 15.8 Å². The molecule has 54 heavy (non-hydrogen) atoms. The lowest BCUT2D eigenvalue weighted by Gasteiger charge is -2.33. The van der Waals surface area contributed by atoms with Crippen molar-refractivity contribution in [1.29, 1.82) is 0 Å². The summed E-state index contributed by atoms with van der Waals surface area (Å²) >= 11 is 2.52. The van der Waals surface area contributed by atoms with Crippen LogP contribution in [0.3, 0.4) is 0 Å². The van der Waals surface area contributed by atoms with E-state index in [0.717, 1.165) is 0 Å². The fraction of sp³-hybridized carbons (Fsp3) is 0.529. The van der Waals surface area contributed by atoms with Crippen molar-refractivity contribution in [3.8, 4) is 0 Å². The number of hydrogen-bond donors (Lipinski definition) is 0. The second-order valence-electron chi connectivity index (χ2n) is 18.9. The van der Waals surface area contributed by atoms with Gasteiger partial charge in [0.25, 0.3) is 0 Å². The van der Waals surface area contributed by atoms with E-state index in [1.54, 1.807) is 54.1 Å². The van der Waals surface area contributed by atoms with E-state index in [1.807, 2.05) is 0 Å². The van der Waals surface area contributed by atoms with Crippen molar-refractivity contribution >= 4 is 59.1 Å². The van der Waals surface area contributed by atoms with Crippen LogP contribution < -0.4 is 20.7 Å². The summed E-state index contributed by atoms with van der Waals surface area (Å²) in [6.45, 7) is 43.9. The minimum atomic E-state index is -1.48. The maximum Gasteiger partial charge on any atom is 0.0701 e. The SMILES string of the molecule is CC(C)c1cc(C(C)C)c([Si](c2ccc(I)cc2)=[Si](c2c(C(C)C)cc(C(C)C)cc2C(C)C)c2c(C(C)C)cc(C(C)C)cc2C(C)C)c(C(C)C)c1. The van der Waals surface area contributed by atoms with E-state index < -0.39 is 15.8 Å². The molecule has 0 nitrogen and oxygen atoms in total. The van der Waals surface area contributed by atoms with Crippen LogP contribution in [0.4, 0.5) is 0 Å². The van der Waals surface area contributed by atoms with Crippen molar-refractivity contribution in [3.63, 3.8) is 0 Å². The van der Waals surface area contributed by atoms with Gasteiger partial charge in [-0.15, -0.1) is 0 Å². The number of hydrogen-bond acceptors (Lipinski definition) is 0. The Morgan fingerprint density at radius 3 is 0.741 bits per heavy atom. The fourth-order valence-electron chi connectivity index (χ4n) is 8.14. The predicted molar refractivity (Wildman–Crippen MR) is 255 cm³/mol. The molecule has 4 aromatic rings. The van der Waals surface area contributed by atoms with Gasteiger partial charge in [0.1, 0.15) is 0 Å². The molecule has 0 bridgehead atoms. The molecule has 4 rings (SSSR count). The first-order valence-electron chi connectivity index (χ1n) is 21.2. The van der Waals surface area contributed by atoms with E-state index in [2.05, 4.69) is 208 Å². The van der Waals surface area contributed by atoms with Crippen LogP contribution in [0, 0.1) is 3.57 Å². The molecule has 0 amide bonds. The second kappa shape index (κ2) is 18.5. The third-order valence-corrected chi connectivity index (χ3v) is 21.5. The molecule has 0 radical (unpaired) electrons. The highest BCUT2D eigenvalue weighted by molar-refractivity contribution is 14.1. The molecule has 0 atom stereocenters. The first-order chi connectivity index (χ1) is 25.2. The van der Waals surface area contributed by atoms with E-state index in [1.165, 1.54) is 20.3 Å². The van der Waals surface area contributed by atoms with Crippen LogP contribution in [-0.2, 0) is 0 Å². The monoisotopic (exact) mass is 868 g/mol. The summed E-state index contributed by atoms with van der Waals surface area (Å²) in [6.07, 6.45) is 0. The van der Waals surface area contributed by atoms with Crippen molar-refractivity contribution in [2.24, 2.45) is 0 Å². The Balaban J connectivity index is 2.61. The lowest BCUT2D eigenvalue weighted by molar-refractivity contribution is 0.810. The van der Waals surface area contributed by atoms with Crippen molar-refractivity contribution in [1.82, 2.24) is 0 Å². The molecule has 0 N–H and O–H groups in total. The van der Waals surface area contributed by atoms with Crippen molar-refractivity contribution in [3.05, 3.63) is 114 Å². The standard InChI is InChI=1S/C51H73ISi2/c1-29(2)38-23-43(32(7)8)49(44(24-38)33(9)10)53(42-21-19-41(52)20-22-42)54(50-45(34(11)12)25-39(30(3)4)26-46(50)35(13)14)51-47(36(15)16)27-40(31(5)6)28-48(51)37(17)18/h19-37H,1-18H3. The summed E-state index contributed by atoms with van der Waals surface area (Å²) in [5.41, 5.74) is 14.0. The van der Waals surface area contributed by atoms with Gasteiger partial charge in [-0.2, -0.15) is 0 Å². The van der Waals surface area contributed by atoms with Gasteiger partial charge in [0, 0.05) is 3.57 Å². The van der Waals surface area contributed by atoms with E-state index in [0.29, 0.717) is 53.3 Å². The summed E-state index contributed by atoms with van der Waals surface area (Å²) in [4.78, 5) is 0. The number of rotatable bonds is 13. The van der Waals surface area contributed by atoms with Gasteiger partial charge >= 0.3 is 0 Å². The molecule has 0 unspecified atom stereocenters. The Labute approximate surface area is 349 Å². The number of benzene rings is 4. The highest BCUT2D eigenvalue weighted by Crippen LogP contribution is 2.31. The average Bonchev–Trinajstić information content (AvgIpc) is 3.09. The first-order valence-corrected chi connectivity index (χ1v) is 26.3.